The van der Waals surface area contributed by atoms with Gasteiger partial charge in [0.2, 0.25) is 0 Å². The molecule has 23 heavy (non-hydrogen) atoms. The van der Waals surface area contributed by atoms with Crippen molar-refractivity contribution in [2.24, 2.45) is 0 Å². The Morgan fingerprint density at radius 3 is 2.52 bits per heavy atom. The summed E-state index contributed by atoms with van der Waals surface area (Å²) in [6.45, 7) is 0. The molecule has 1 N–H and O–H groups in total. The van der Waals surface area contributed by atoms with E-state index in [9.17, 15) is 14.3 Å². The molecule has 0 bridgehead atoms. The van der Waals surface area contributed by atoms with E-state index in [0.717, 1.165) is 0 Å². The molecule has 6 heteroatoms. The Morgan fingerprint density at radius 1 is 1.22 bits per heavy atom. The van der Waals surface area contributed by atoms with E-state index in [1.54, 1.807) is 12.1 Å². The summed E-state index contributed by atoms with van der Waals surface area (Å²) in [4.78, 5) is 11.6. The quantitative estimate of drug-likeness (QED) is 0.659. The molecule has 0 unspecified atom stereocenters. The molecule has 0 saturated heterocycles. The van der Waals surface area contributed by atoms with Crippen LogP contribution in [0.3, 0.4) is 0 Å². The lowest BCUT2D eigenvalue weighted by atomic mass is 10.0. The molecular formula is C17H14ClFO4. The van der Waals surface area contributed by atoms with Crippen LogP contribution in [-0.4, -0.2) is 25.3 Å². The Labute approximate surface area is 137 Å². The number of carbonyl (C=O) groups is 1. The van der Waals surface area contributed by atoms with Crippen LogP contribution in [0.4, 0.5) is 4.39 Å². The van der Waals surface area contributed by atoms with Crippen LogP contribution in [-0.2, 0) is 4.79 Å². The number of hydrogen-bond acceptors (Lipinski definition) is 3. The van der Waals surface area contributed by atoms with Crippen LogP contribution in [0.15, 0.2) is 36.4 Å². The van der Waals surface area contributed by atoms with Crippen LogP contribution in [0, 0.1) is 5.82 Å². The Hall–Kier alpha value is -2.53. The minimum Gasteiger partial charge on any atom is -0.497 e. The van der Waals surface area contributed by atoms with Gasteiger partial charge in [0.05, 0.1) is 24.8 Å². The van der Waals surface area contributed by atoms with E-state index in [-0.39, 0.29) is 16.2 Å². The lowest BCUT2D eigenvalue weighted by Gasteiger charge is -2.11. The van der Waals surface area contributed by atoms with Crippen molar-refractivity contribution in [1.82, 2.24) is 0 Å². The molecule has 0 heterocycles. The van der Waals surface area contributed by atoms with Gasteiger partial charge in [0.25, 0.3) is 0 Å². The molecule has 0 aliphatic heterocycles. The van der Waals surface area contributed by atoms with E-state index in [1.807, 2.05) is 0 Å². The van der Waals surface area contributed by atoms with Gasteiger partial charge in [0.15, 0.2) is 0 Å². The van der Waals surface area contributed by atoms with Gasteiger partial charge in [-0.25, -0.2) is 9.18 Å². The van der Waals surface area contributed by atoms with Gasteiger partial charge < -0.3 is 14.6 Å². The monoisotopic (exact) mass is 336 g/mol. The Kier molecular flexibility index (Phi) is 5.24. The summed E-state index contributed by atoms with van der Waals surface area (Å²) < 4.78 is 24.2. The van der Waals surface area contributed by atoms with Gasteiger partial charge in [0.1, 0.15) is 17.3 Å². The first-order valence-electron chi connectivity index (χ1n) is 6.59. The van der Waals surface area contributed by atoms with Gasteiger partial charge in [-0.05, 0) is 30.3 Å². The second-order valence-electron chi connectivity index (χ2n) is 4.56. The maximum Gasteiger partial charge on any atom is 0.336 e. The number of carboxylic acid groups (broad SMARTS) is 1. The molecule has 0 spiro atoms. The van der Waals surface area contributed by atoms with Crippen LogP contribution in [0.5, 0.6) is 11.5 Å². The van der Waals surface area contributed by atoms with Gasteiger partial charge in [0, 0.05) is 17.2 Å². The first-order valence-corrected chi connectivity index (χ1v) is 6.97. The summed E-state index contributed by atoms with van der Waals surface area (Å²) in [5.41, 5.74) is 0.154. The van der Waals surface area contributed by atoms with Gasteiger partial charge in [-0.3, -0.25) is 0 Å². The fraction of sp³-hybridized carbons (Fsp3) is 0.118. The van der Waals surface area contributed by atoms with Gasteiger partial charge in [-0.2, -0.15) is 0 Å². The van der Waals surface area contributed by atoms with Gasteiger partial charge >= 0.3 is 5.97 Å². The van der Waals surface area contributed by atoms with Gasteiger partial charge in [-0.1, -0.05) is 17.7 Å². The summed E-state index contributed by atoms with van der Waals surface area (Å²) in [7, 11) is 2.90. The third-order valence-corrected chi connectivity index (χ3v) is 3.55. The second kappa shape index (κ2) is 7.15. The van der Waals surface area contributed by atoms with Crippen molar-refractivity contribution in [3.8, 4) is 11.5 Å². The zero-order chi connectivity index (χ0) is 17.0. The summed E-state index contributed by atoms with van der Waals surface area (Å²) in [5.74, 6) is -1.03. The predicted octanol–water partition coefficient (Wildman–Crippen LogP) is 4.12. The molecule has 2 aromatic rings. The van der Waals surface area contributed by atoms with Crippen LogP contribution >= 0.6 is 11.6 Å². The molecule has 0 aliphatic rings. The van der Waals surface area contributed by atoms with Crippen LogP contribution in [0.25, 0.3) is 11.6 Å². The van der Waals surface area contributed by atoms with E-state index in [4.69, 9.17) is 21.1 Å². The zero-order valence-corrected chi connectivity index (χ0v) is 13.2. The lowest BCUT2D eigenvalue weighted by Crippen LogP contribution is -2.03. The molecule has 120 valence electrons. The number of methoxy groups -OCH3 is 2. The maximum absolute atomic E-state index is 13.9. The van der Waals surface area contributed by atoms with Gasteiger partial charge in [-0.15, -0.1) is 0 Å². The number of benzene rings is 2. The Bertz CT molecular complexity index is 751. The molecule has 0 saturated carbocycles. The minimum atomic E-state index is -1.23. The normalized spacial score (nSPS) is 11.2. The van der Waals surface area contributed by atoms with Crippen molar-refractivity contribution >= 4 is 29.2 Å². The maximum atomic E-state index is 13.9. The molecule has 4 nitrogen and oxygen atoms in total. The summed E-state index contributed by atoms with van der Waals surface area (Å²) in [6.07, 6.45) is 1.18. The fourth-order valence-corrected chi connectivity index (χ4v) is 2.29. The number of hydrogen-bond donors (Lipinski definition) is 1. The molecule has 2 rings (SSSR count). The highest BCUT2D eigenvalue weighted by Crippen LogP contribution is 2.33. The highest BCUT2D eigenvalue weighted by Gasteiger charge is 2.18. The van der Waals surface area contributed by atoms with Crippen LogP contribution in [0.2, 0.25) is 5.02 Å². The van der Waals surface area contributed by atoms with Crippen molar-refractivity contribution in [3.63, 3.8) is 0 Å². The van der Waals surface area contributed by atoms with Crippen molar-refractivity contribution in [1.29, 1.82) is 0 Å². The lowest BCUT2D eigenvalue weighted by molar-refractivity contribution is -0.130. The third kappa shape index (κ3) is 3.63. The minimum absolute atomic E-state index is 0.00411. The van der Waals surface area contributed by atoms with Crippen molar-refractivity contribution < 1.29 is 23.8 Å². The predicted molar refractivity (Wildman–Crippen MR) is 86.5 cm³/mol. The standard InChI is InChI=1S/C17H14ClFO4/c1-22-10-6-7-11(16(8-10)23-2)12(17(20)21)9-13-14(18)4-3-5-15(13)19/h3-9H,1-2H3,(H,20,21)/b12-9-. The molecular weight excluding hydrogens is 323 g/mol. The Morgan fingerprint density at radius 2 is 1.96 bits per heavy atom. The number of rotatable bonds is 5. The average molecular weight is 337 g/mol. The van der Waals surface area contributed by atoms with Crippen LogP contribution in [0.1, 0.15) is 11.1 Å². The highest BCUT2D eigenvalue weighted by atomic mass is 35.5. The van der Waals surface area contributed by atoms with Crippen LogP contribution < -0.4 is 9.47 Å². The fourth-order valence-electron chi connectivity index (χ4n) is 2.07. The summed E-state index contributed by atoms with van der Waals surface area (Å²) in [5, 5.41) is 9.62. The molecule has 0 aromatic heterocycles. The molecule has 0 atom stereocenters. The summed E-state index contributed by atoms with van der Waals surface area (Å²) >= 11 is 5.96. The largest absolute Gasteiger partial charge is 0.497 e. The van der Waals surface area contributed by atoms with E-state index in [1.165, 1.54) is 44.6 Å². The third-order valence-electron chi connectivity index (χ3n) is 3.22. The number of ether oxygens (including phenoxy) is 2. The van der Waals surface area contributed by atoms with Crippen molar-refractivity contribution in [3.05, 3.63) is 58.4 Å². The number of carboxylic acids is 1. The molecule has 0 radical (unpaired) electrons. The summed E-state index contributed by atoms with van der Waals surface area (Å²) in [6, 6.07) is 8.83. The number of aliphatic carboxylic acids is 1. The highest BCUT2D eigenvalue weighted by molar-refractivity contribution is 6.33. The van der Waals surface area contributed by atoms with Crippen molar-refractivity contribution in [2.45, 2.75) is 0 Å². The topological polar surface area (TPSA) is 55.8 Å². The number of halogens is 2. The molecule has 0 fully saturated rings. The van der Waals surface area contributed by atoms with E-state index >= 15 is 0 Å². The molecule has 0 amide bonds. The van der Waals surface area contributed by atoms with E-state index < -0.39 is 11.8 Å². The molecule has 2 aromatic carbocycles. The zero-order valence-electron chi connectivity index (χ0n) is 12.5. The average Bonchev–Trinajstić information content (AvgIpc) is 2.54. The van der Waals surface area contributed by atoms with E-state index in [0.29, 0.717) is 17.1 Å². The smallest absolute Gasteiger partial charge is 0.336 e. The second-order valence-corrected chi connectivity index (χ2v) is 4.97. The first-order chi connectivity index (χ1) is 11.0. The van der Waals surface area contributed by atoms with E-state index in [2.05, 4.69) is 0 Å². The first kappa shape index (κ1) is 16.8. The molecule has 0 aliphatic carbocycles. The SMILES string of the molecule is COc1ccc(/C(=C/c2c(F)cccc2Cl)C(=O)O)c(OC)c1. The Balaban J connectivity index is 2.64. The van der Waals surface area contributed by atoms with Crippen molar-refractivity contribution in [2.75, 3.05) is 14.2 Å².